The van der Waals surface area contributed by atoms with Crippen LogP contribution >= 0.6 is 0 Å². The van der Waals surface area contributed by atoms with Crippen LogP contribution in [0.4, 0.5) is 0 Å². The van der Waals surface area contributed by atoms with E-state index in [4.69, 9.17) is 0 Å². The quantitative estimate of drug-likeness (QED) is 0.736. The Bertz CT molecular complexity index is 991. The number of rotatable bonds is 5. The minimum absolute atomic E-state index is 0.348. The third-order valence-electron chi connectivity index (χ3n) is 4.93. The number of hydrogen-bond donors (Lipinski definition) is 2. The van der Waals surface area contributed by atoms with E-state index >= 15 is 0 Å². The number of benzene rings is 2. The molecule has 3 aromatic rings. The van der Waals surface area contributed by atoms with Crippen LogP contribution in [0.15, 0.2) is 53.4 Å². The number of H-pyrrole nitrogens is 1. The van der Waals surface area contributed by atoms with E-state index in [1.54, 1.807) is 6.07 Å². The van der Waals surface area contributed by atoms with E-state index in [1.165, 1.54) is 24.1 Å². The van der Waals surface area contributed by atoms with Crippen LogP contribution in [-0.2, 0) is 29.3 Å². The van der Waals surface area contributed by atoms with Gasteiger partial charge in [0.25, 0.3) is 0 Å². The van der Waals surface area contributed by atoms with Gasteiger partial charge in [-0.1, -0.05) is 30.3 Å². The molecule has 1 aliphatic rings. The van der Waals surface area contributed by atoms with Gasteiger partial charge in [0.05, 0.1) is 4.90 Å². The Kier molecular flexibility index (Phi) is 4.36. The van der Waals surface area contributed by atoms with Gasteiger partial charge in [0.15, 0.2) is 0 Å². The minimum atomic E-state index is -3.49. The third kappa shape index (κ3) is 3.34. The molecule has 0 atom stereocenters. The summed E-state index contributed by atoms with van der Waals surface area (Å²) in [5.41, 5.74) is 4.73. The highest BCUT2D eigenvalue weighted by Gasteiger charge is 2.19. The predicted octanol–water partition coefficient (Wildman–Crippen LogP) is 3.57. The van der Waals surface area contributed by atoms with Crippen molar-refractivity contribution >= 4 is 20.9 Å². The van der Waals surface area contributed by atoms with E-state index in [0.717, 1.165) is 29.3 Å². The molecular formula is C20H22N2O2S. The summed E-state index contributed by atoms with van der Waals surface area (Å²) in [6.45, 7) is 0.398. The summed E-state index contributed by atoms with van der Waals surface area (Å²) in [6, 6.07) is 15.3. The first-order chi connectivity index (χ1) is 12.1. The molecule has 0 amide bonds. The van der Waals surface area contributed by atoms with Crippen molar-refractivity contribution in [1.29, 1.82) is 0 Å². The molecule has 0 spiro atoms. The van der Waals surface area contributed by atoms with Crippen LogP contribution in [0.25, 0.3) is 10.9 Å². The Hall–Kier alpha value is -2.11. The fraction of sp³-hybridized carbons (Fsp3) is 0.300. The molecule has 0 fully saturated rings. The number of aryl methyl sites for hydroxylation is 2. The summed E-state index contributed by atoms with van der Waals surface area (Å²) in [7, 11) is -3.49. The van der Waals surface area contributed by atoms with Gasteiger partial charge in [-0.3, -0.25) is 0 Å². The van der Waals surface area contributed by atoms with Gasteiger partial charge < -0.3 is 4.98 Å². The van der Waals surface area contributed by atoms with E-state index in [1.807, 2.05) is 42.5 Å². The van der Waals surface area contributed by atoms with Crippen LogP contribution in [0, 0.1) is 0 Å². The highest BCUT2D eigenvalue weighted by atomic mass is 32.2. The predicted molar refractivity (Wildman–Crippen MR) is 100 cm³/mol. The summed E-state index contributed by atoms with van der Waals surface area (Å²) in [4.78, 5) is 3.79. The Morgan fingerprint density at radius 3 is 2.64 bits per heavy atom. The average molecular weight is 354 g/mol. The van der Waals surface area contributed by atoms with Crippen molar-refractivity contribution < 1.29 is 8.42 Å². The lowest BCUT2D eigenvalue weighted by Gasteiger charge is -2.11. The van der Waals surface area contributed by atoms with Crippen molar-refractivity contribution in [3.05, 3.63) is 65.4 Å². The monoisotopic (exact) mass is 354 g/mol. The fourth-order valence-corrected chi connectivity index (χ4v) is 4.67. The number of sulfonamides is 1. The smallest absolute Gasteiger partial charge is 0.240 e. The first-order valence-electron chi connectivity index (χ1n) is 8.80. The molecule has 1 aromatic heterocycles. The summed E-state index contributed by atoms with van der Waals surface area (Å²) >= 11 is 0. The van der Waals surface area contributed by atoms with Crippen LogP contribution in [0.1, 0.15) is 29.7 Å². The molecule has 1 heterocycles. The molecule has 0 bridgehead atoms. The summed E-state index contributed by atoms with van der Waals surface area (Å²) in [5, 5.41) is 1.06. The van der Waals surface area contributed by atoms with Crippen LogP contribution in [-0.4, -0.2) is 19.9 Å². The Morgan fingerprint density at radius 1 is 1.00 bits per heavy atom. The maximum absolute atomic E-state index is 12.6. The maximum Gasteiger partial charge on any atom is 0.240 e. The molecule has 1 aliphatic carbocycles. The molecule has 0 radical (unpaired) electrons. The van der Waals surface area contributed by atoms with Crippen LogP contribution in [0.3, 0.4) is 0 Å². The second kappa shape index (κ2) is 6.65. The number of fused-ring (bicyclic) bond motifs is 3. The molecule has 4 nitrogen and oxygen atoms in total. The number of aromatic amines is 1. The SMILES string of the molecule is O=S(=O)(NCCc1ccccc1)c1ccc2[nH]c3c(c2c1)CCCC3. The zero-order valence-corrected chi connectivity index (χ0v) is 14.9. The topological polar surface area (TPSA) is 62.0 Å². The van der Waals surface area contributed by atoms with Crippen molar-refractivity contribution in [2.75, 3.05) is 6.54 Å². The minimum Gasteiger partial charge on any atom is -0.358 e. The lowest BCUT2D eigenvalue weighted by Crippen LogP contribution is -2.26. The third-order valence-corrected chi connectivity index (χ3v) is 6.39. The molecule has 25 heavy (non-hydrogen) atoms. The van der Waals surface area contributed by atoms with Crippen LogP contribution < -0.4 is 4.72 Å². The van der Waals surface area contributed by atoms with Gasteiger partial charge in [-0.15, -0.1) is 0 Å². The lowest BCUT2D eigenvalue weighted by atomic mass is 9.96. The van der Waals surface area contributed by atoms with Gasteiger partial charge in [0, 0.05) is 23.1 Å². The highest BCUT2D eigenvalue weighted by molar-refractivity contribution is 7.89. The summed E-state index contributed by atoms with van der Waals surface area (Å²) < 4.78 is 28.0. The van der Waals surface area contributed by atoms with Crippen LogP contribution in [0.5, 0.6) is 0 Å². The normalized spacial score (nSPS) is 14.6. The van der Waals surface area contributed by atoms with Gasteiger partial charge in [-0.05, 0) is 61.4 Å². The first-order valence-corrected chi connectivity index (χ1v) is 10.3. The second-order valence-electron chi connectivity index (χ2n) is 6.63. The van der Waals surface area contributed by atoms with Gasteiger partial charge >= 0.3 is 0 Å². The molecule has 0 saturated carbocycles. The maximum atomic E-state index is 12.6. The van der Waals surface area contributed by atoms with Crippen LogP contribution in [0.2, 0.25) is 0 Å². The van der Waals surface area contributed by atoms with E-state index in [2.05, 4.69) is 9.71 Å². The zero-order chi connectivity index (χ0) is 17.3. The van der Waals surface area contributed by atoms with Crippen molar-refractivity contribution in [3.8, 4) is 0 Å². The Morgan fingerprint density at radius 2 is 1.80 bits per heavy atom. The van der Waals surface area contributed by atoms with E-state index in [9.17, 15) is 8.42 Å². The summed E-state index contributed by atoms with van der Waals surface area (Å²) in [6.07, 6.45) is 5.14. The van der Waals surface area contributed by atoms with Gasteiger partial charge in [-0.25, -0.2) is 13.1 Å². The Labute approximate surface area is 148 Å². The Balaban J connectivity index is 1.55. The molecule has 0 saturated heterocycles. The second-order valence-corrected chi connectivity index (χ2v) is 8.40. The molecule has 5 heteroatoms. The first kappa shape index (κ1) is 16.4. The van der Waals surface area contributed by atoms with Crippen molar-refractivity contribution in [1.82, 2.24) is 9.71 Å². The molecule has 0 unspecified atom stereocenters. The number of nitrogens with one attached hydrogen (secondary N) is 2. The van der Waals surface area contributed by atoms with E-state index < -0.39 is 10.0 Å². The number of hydrogen-bond acceptors (Lipinski definition) is 2. The van der Waals surface area contributed by atoms with Gasteiger partial charge in [-0.2, -0.15) is 0 Å². The largest absolute Gasteiger partial charge is 0.358 e. The molecule has 2 N–H and O–H groups in total. The van der Waals surface area contributed by atoms with Crippen molar-refractivity contribution in [2.24, 2.45) is 0 Å². The molecule has 0 aliphatic heterocycles. The molecule has 130 valence electrons. The van der Waals surface area contributed by atoms with Gasteiger partial charge in [0.1, 0.15) is 0 Å². The summed E-state index contributed by atoms with van der Waals surface area (Å²) in [5.74, 6) is 0. The molecule has 4 rings (SSSR count). The van der Waals surface area contributed by atoms with E-state index in [0.29, 0.717) is 17.9 Å². The zero-order valence-electron chi connectivity index (χ0n) is 14.1. The molecular weight excluding hydrogens is 332 g/mol. The van der Waals surface area contributed by atoms with Crippen molar-refractivity contribution in [3.63, 3.8) is 0 Å². The fourth-order valence-electron chi connectivity index (χ4n) is 3.61. The highest BCUT2D eigenvalue weighted by Crippen LogP contribution is 2.30. The molecule has 2 aromatic carbocycles. The van der Waals surface area contributed by atoms with E-state index in [-0.39, 0.29) is 0 Å². The van der Waals surface area contributed by atoms with Crippen molar-refractivity contribution in [2.45, 2.75) is 37.0 Å². The van der Waals surface area contributed by atoms with Gasteiger partial charge in [0.2, 0.25) is 10.0 Å². The lowest BCUT2D eigenvalue weighted by molar-refractivity contribution is 0.582. The standard InChI is InChI=1S/C20H22N2O2S/c23-25(24,21-13-12-15-6-2-1-3-7-15)16-10-11-20-18(14-16)17-8-4-5-9-19(17)22-20/h1-3,6-7,10-11,14,21-22H,4-5,8-9,12-13H2. The average Bonchev–Trinajstić information content (AvgIpc) is 3.00. The number of aromatic nitrogens is 1.